The summed E-state index contributed by atoms with van der Waals surface area (Å²) in [6.45, 7) is 10.8. The van der Waals surface area contributed by atoms with E-state index in [9.17, 15) is 0 Å². The molecule has 0 saturated heterocycles. The van der Waals surface area contributed by atoms with Crippen molar-refractivity contribution in [2.75, 3.05) is 17.2 Å². The van der Waals surface area contributed by atoms with Gasteiger partial charge in [-0.2, -0.15) is 5.10 Å². The third-order valence-electron chi connectivity index (χ3n) is 3.56. The Bertz CT molecular complexity index is 603. The van der Waals surface area contributed by atoms with Gasteiger partial charge in [-0.15, -0.1) is 0 Å². The number of rotatable bonds is 6. The number of nitrogens with two attached hydrogens (primary N) is 1. The zero-order valence-electron chi connectivity index (χ0n) is 13.4. The zero-order chi connectivity index (χ0) is 15.4. The average molecular weight is 287 g/mol. The van der Waals surface area contributed by atoms with Crippen molar-refractivity contribution in [1.29, 1.82) is 0 Å². The monoisotopic (exact) mass is 287 g/mol. The molecule has 0 unspecified atom stereocenters. The van der Waals surface area contributed by atoms with E-state index in [0.717, 1.165) is 54.6 Å². The molecule has 0 atom stereocenters. The molecule has 5 heteroatoms. The fourth-order valence-corrected chi connectivity index (χ4v) is 2.50. The topological polar surface area (TPSA) is 60.0 Å². The van der Waals surface area contributed by atoms with Crippen LogP contribution in [0.3, 0.4) is 0 Å². The molecule has 0 fully saturated rings. The van der Waals surface area contributed by atoms with Gasteiger partial charge in [-0.25, -0.2) is 4.68 Å². The highest BCUT2D eigenvalue weighted by Gasteiger charge is 2.18. The zero-order valence-corrected chi connectivity index (χ0v) is 13.4. The Balaban J connectivity index is 2.33. The van der Waals surface area contributed by atoms with Gasteiger partial charge in [-0.1, -0.05) is 13.0 Å². The first-order valence-corrected chi connectivity index (χ1v) is 7.57. The van der Waals surface area contributed by atoms with Crippen molar-refractivity contribution in [3.63, 3.8) is 0 Å². The molecule has 0 aliphatic heterocycles. The van der Waals surface area contributed by atoms with Crippen LogP contribution in [0.15, 0.2) is 18.2 Å². The van der Waals surface area contributed by atoms with E-state index in [1.165, 1.54) is 0 Å². The molecule has 2 aromatic rings. The summed E-state index contributed by atoms with van der Waals surface area (Å²) in [4.78, 5) is 6.83. The molecule has 114 valence electrons. The first-order valence-electron chi connectivity index (χ1n) is 7.57. The van der Waals surface area contributed by atoms with E-state index in [1.54, 1.807) is 0 Å². The van der Waals surface area contributed by atoms with E-state index in [1.807, 2.05) is 30.7 Å². The second-order valence-electron chi connectivity index (χ2n) is 5.33. The van der Waals surface area contributed by atoms with Gasteiger partial charge < -0.3 is 10.6 Å². The van der Waals surface area contributed by atoms with Gasteiger partial charge in [-0.05, 0) is 39.3 Å². The standard InChI is InChI=1S/C16H25N5/c1-5-10-21-16(15(17)13(4)19-21)20(6-2)11-14-9-7-8-12(3)18-14/h7-9H,5-6,10-11,17H2,1-4H3. The number of aryl methyl sites for hydroxylation is 3. The third kappa shape index (κ3) is 3.35. The summed E-state index contributed by atoms with van der Waals surface area (Å²) in [6.07, 6.45) is 1.04. The smallest absolute Gasteiger partial charge is 0.151 e. The molecular formula is C16H25N5. The second-order valence-corrected chi connectivity index (χ2v) is 5.33. The quantitative estimate of drug-likeness (QED) is 0.887. The first-order chi connectivity index (χ1) is 10.1. The molecule has 0 radical (unpaired) electrons. The van der Waals surface area contributed by atoms with E-state index < -0.39 is 0 Å². The molecule has 21 heavy (non-hydrogen) atoms. The van der Waals surface area contributed by atoms with E-state index in [-0.39, 0.29) is 0 Å². The summed E-state index contributed by atoms with van der Waals surface area (Å²) in [5.41, 5.74) is 10.0. The van der Waals surface area contributed by atoms with E-state index in [0.29, 0.717) is 0 Å². The van der Waals surface area contributed by atoms with Gasteiger partial charge in [0.25, 0.3) is 0 Å². The van der Waals surface area contributed by atoms with Crippen molar-refractivity contribution in [2.45, 2.75) is 47.2 Å². The van der Waals surface area contributed by atoms with Crippen molar-refractivity contribution in [1.82, 2.24) is 14.8 Å². The van der Waals surface area contributed by atoms with Crippen LogP contribution >= 0.6 is 0 Å². The van der Waals surface area contributed by atoms with E-state index >= 15 is 0 Å². The highest BCUT2D eigenvalue weighted by Crippen LogP contribution is 2.27. The molecule has 2 heterocycles. The molecule has 0 aliphatic rings. The molecule has 0 amide bonds. The Morgan fingerprint density at radius 3 is 2.62 bits per heavy atom. The van der Waals surface area contributed by atoms with Crippen molar-refractivity contribution in [2.24, 2.45) is 0 Å². The Morgan fingerprint density at radius 1 is 1.24 bits per heavy atom. The number of nitrogen functional groups attached to an aromatic ring is 1. The molecule has 0 saturated carbocycles. The lowest BCUT2D eigenvalue weighted by atomic mass is 10.2. The van der Waals surface area contributed by atoms with Gasteiger partial charge in [0, 0.05) is 18.8 Å². The number of anilines is 2. The molecule has 2 aromatic heterocycles. The van der Waals surface area contributed by atoms with Crippen LogP contribution in [0.2, 0.25) is 0 Å². The highest BCUT2D eigenvalue weighted by molar-refractivity contribution is 5.66. The number of pyridine rings is 1. The number of hydrogen-bond acceptors (Lipinski definition) is 4. The number of nitrogens with zero attached hydrogens (tertiary/aromatic N) is 4. The van der Waals surface area contributed by atoms with E-state index in [4.69, 9.17) is 5.73 Å². The molecule has 2 N–H and O–H groups in total. The Labute approximate surface area is 126 Å². The van der Waals surface area contributed by atoms with Crippen LogP contribution in [0, 0.1) is 13.8 Å². The minimum Gasteiger partial charge on any atom is -0.394 e. The highest BCUT2D eigenvalue weighted by atomic mass is 15.4. The van der Waals surface area contributed by atoms with Crippen molar-refractivity contribution >= 4 is 11.5 Å². The van der Waals surface area contributed by atoms with Gasteiger partial charge in [0.2, 0.25) is 0 Å². The molecule has 0 spiro atoms. The fourth-order valence-electron chi connectivity index (χ4n) is 2.50. The first kappa shape index (κ1) is 15.4. The molecular weight excluding hydrogens is 262 g/mol. The second kappa shape index (κ2) is 6.61. The van der Waals surface area contributed by atoms with Crippen molar-refractivity contribution in [3.05, 3.63) is 35.3 Å². The number of aromatic nitrogens is 3. The van der Waals surface area contributed by atoms with Gasteiger partial charge in [0.1, 0.15) is 0 Å². The Morgan fingerprint density at radius 2 is 2.00 bits per heavy atom. The Kier molecular flexibility index (Phi) is 4.83. The molecule has 0 bridgehead atoms. The van der Waals surface area contributed by atoms with Crippen LogP contribution in [0.4, 0.5) is 11.5 Å². The summed E-state index contributed by atoms with van der Waals surface area (Å²) < 4.78 is 2.02. The maximum absolute atomic E-state index is 6.25. The predicted molar refractivity (Wildman–Crippen MR) is 87.4 cm³/mol. The van der Waals surface area contributed by atoms with Crippen LogP contribution in [0.5, 0.6) is 0 Å². The largest absolute Gasteiger partial charge is 0.394 e. The van der Waals surface area contributed by atoms with Crippen LogP contribution in [-0.4, -0.2) is 21.3 Å². The van der Waals surface area contributed by atoms with Crippen LogP contribution in [0.1, 0.15) is 37.4 Å². The molecule has 2 rings (SSSR count). The third-order valence-corrected chi connectivity index (χ3v) is 3.56. The van der Waals surface area contributed by atoms with Crippen molar-refractivity contribution in [3.8, 4) is 0 Å². The van der Waals surface area contributed by atoms with Gasteiger partial charge >= 0.3 is 0 Å². The van der Waals surface area contributed by atoms with Crippen LogP contribution in [-0.2, 0) is 13.1 Å². The minimum absolute atomic E-state index is 0.747. The van der Waals surface area contributed by atoms with Crippen molar-refractivity contribution < 1.29 is 0 Å². The van der Waals surface area contributed by atoms with Crippen LogP contribution < -0.4 is 10.6 Å². The minimum atomic E-state index is 0.747. The van der Waals surface area contributed by atoms with E-state index in [2.05, 4.69) is 34.9 Å². The summed E-state index contributed by atoms with van der Waals surface area (Å²) in [6, 6.07) is 6.11. The lowest BCUT2D eigenvalue weighted by Gasteiger charge is -2.24. The maximum atomic E-state index is 6.25. The molecule has 0 aromatic carbocycles. The fraction of sp³-hybridized carbons (Fsp3) is 0.500. The predicted octanol–water partition coefficient (Wildman–Crippen LogP) is 2.91. The summed E-state index contributed by atoms with van der Waals surface area (Å²) >= 11 is 0. The van der Waals surface area contributed by atoms with Gasteiger partial charge in [0.15, 0.2) is 5.82 Å². The summed E-state index contributed by atoms with van der Waals surface area (Å²) in [7, 11) is 0. The number of hydrogen-bond donors (Lipinski definition) is 1. The maximum Gasteiger partial charge on any atom is 0.151 e. The van der Waals surface area contributed by atoms with Crippen LogP contribution in [0.25, 0.3) is 0 Å². The Hall–Kier alpha value is -2.04. The summed E-state index contributed by atoms with van der Waals surface area (Å²) in [5, 5.41) is 4.56. The normalized spacial score (nSPS) is 10.9. The summed E-state index contributed by atoms with van der Waals surface area (Å²) in [5.74, 6) is 1.01. The lowest BCUT2D eigenvalue weighted by molar-refractivity contribution is 0.584. The molecule has 5 nitrogen and oxygen atoms in total. The van der Waals surface area contributed by atoms with Gasteiger partial charge in [0.05, 0.1) is 23.6 Å². The van der Waals surface area contributed by atoms with Gasteiger partial charge in [-0.3, -0.25) is 4.98 Å². The average Bonchev–Trinajstić information content (AvgIpc) is 2.72. The lowest BCUT2D eigenvalue weighted by Crippen LogP contribution is -2.26. The SMILES string of the molecule is CCCn1nc(C)c(N)c1N(CC)Cc1cccc(C)n1. The molecule has 0 aliphatic carbocycles.